The van der Waals surface area contributed by atoms with Crippen LogP contribution in [0.3, 0.4) is 0 Å². The summed E-state index contributed by atoms with van der Waals surface area (Å²) < 4.78 is 5.39. The molecule has 0 radical (unpaired) electrons. The smallest absolute Gasteiger partial charge is 0.129 e. The van der Waals surface area contributed by atoms with Crippen molar-refractivity contribution in [3.05, 3.63) is 17.7 Å². The molecule has 0 aliphatic carbocycles. The molecule has 72 valence electrons. The van der Waals surface area contributed by atoms with Crippen LogP contribution in [0, 0.1) is 6.92 Å². The van der Waals surface area contributed by atoms with Crippen molar-refractivity contribution in [3.63, 3.8) is 0 Å². The van der Waals surface area contributed by atoms with E-state index in [1.165, 1.54) is 12.1 Å². The zero-order valence-electron chi connectivity index (χ0n) is 8.03. The molecule has 0 fully saturated rings. The van der Waals surface area contributed by atoms with Crippen LogP contribution in [0.4, 0.5) is 0 Å². The van der Waals surface area contributed by atoms with Gasteiger partial charge in [0.25, 0.3) is 0 Å². The molecule has 0 saturated heterocycles. The Hall–Kier alpha value is -1.38. The molecule has 0 heterocycles. The van der Waals surface area contributed by atoms with Gasteiger partial charge in [-0.2, -0.15) is 0 Å². The average molecular weight is 182 g/mol. The van der Waals surface area contributed by atoms with Crippen LogP contribution in [0.5, 0.6) is 17.2 Å². The first-order valence-corrected chi connectivity index (χ1v) is 4.20. The van der Waals surface area contributed by atoms with Gasteiger partial charge < -0.3 is 14.9 Å². The van der Waals surface area contributed by atoms with Crippen molar-refractivity contribution in [2.24, 2.45) is 0 Å². The minimum Gasteiger partial charge on any atom is -0.508 e. The first kappa shape index (κ1) is 9.71. The second kappa shape index (κ2) is 3.56. The highest BCUT2D eigenvalue weighted by Gasteiger charge is 2.08. The highest BCUT2D eigenvalue weighted by Crippen LogP contribution is 2.32. The molecule has 2 N–H and O–H groups in total. The third kappa shape index (κ3) is 2.28. The highest BCUT2D eigenvalue weighted by atomic mass is 16.5. The number of aromatic hydroxyl groups is 2. The fourth-order valence-electron chi connectivity index (χ4n) is 1.04. The lowest BCUT2D eigenvalue weighted by Gasteiger charge is -2.13. The largest absolute Gasteiger partial charge is 0.508 e. The Kier molecular flexibility index (Phi) is 2.66. The van der Waals surface area contributed by atoms with Gasteiger partial charge in [0.1, 0.15) is 17.2 Å². The van der Waals surface area contributed by atoms with E-state index in [1.807, 2.05) is 13.8 Å². The number of hydrogen-bond donors (Lipinski definition) is 2. The Morgan fingerprint density at radius 1 is 1.23 bits per heavy atom. The summed E-state index contributed by atoms with van der Waals surface area (Å²) in [5, 5.41) is 18.5. The van der Waals surface area contributed by atoms with Crippen molar-refractivity contribution in [3.8, 4) is 17.2 Å². The molecule has 1 aromatic carbocycles. The number of benzene rings is 1. The lowest BCUT2D eigenvalue weighted by atomic mass is 10.2. The average Bonchev–Trinajstić information content (AvgIpc) is 1.98. The van der Waals surface area contributed by atoms with Gasteiger partial charge in [0.15, 0.2) is 0 Å². The van der Waals surface area contributed by atoms with Crippen LogP contribution < -0.4 is 4.74 Å². The van der Waals surface area contributed by atoms with Crippen LogP contribution in [0.15, 0.2) is 12.1 Å². The number of phenolic OH excluding ortho intramolecular Hbond substituents is 2. The van der Waals surface area contributed by atoms with Crippen molar-refractivity contribution in [1.29, 1.82) is 0 Å². The number of phenols is 2. The van der Waals surface area contributed by atoms with Crippen LogP contribution in [0.2, 0.25) is 0 Å². The molecule has 13 heavy (non-hydrogen) atoms. The predicted octanol–water partition coefficient (Wildman–Crippen LogP) is 2.19. The summed E-state index contributed by atoms with van der Waals surface area (Å²) in [6, 6.07) is 2.79. The maximum atomic E-state index is 9.35. The van der Waals surface area contributed by atoms with Crippen LogP contribution in [0.25, 0.3) is 0 Å². The van der Waals surface area contributed by atoms with Gasteiger partial charge in [-0.25, -0.2) is 0 Å². The summed E-state index contributed by atoms with van der Waals surface area (Å²) in [5.41, 5.74) is 0.645. The van der Waals surface area contributed by atoms with E-state index in [1.54, 1.807) is 6.92 Å². The molecule has 3 nitrogen and oxygen atoms in total. The standard InChI is InChI=1S/C10H14O3/c1-6(2)13-10-5-8(11)4-9(12)7(10)3/h4-6,11-12H,1-3H3. The van der Waals surface area contributed by atoms with E-state index in [4.69, 9.17) is 4.74 Å². The second-order valence-electron chi connectivity index (χ2n) is 3.25. The van der Waals surface area contributed by atoms with E-state index in [-0.39, 0.29) is 17.6 Å². The molecule has 0 aliphatic rings. The summed E-state index contributed by atoms with van der Waals surface area (Å²) in [5.74, 6) is 0.585. The molecule has 0 spiro atoms. The van der Waals surface area contributed by atoms with Crippen LogP contribution in [0.1, 0.15) is 19.4 Å². The first-order valence-electron chi connectivity index (χ1n) is 4.20. The molecule has 1 aromatic rings. The van der Waals surface area contributed by atoms with Gasteiger partial charge in [0, 0.05) is 17.7 Å². The van der Waals surface area contributed by atoms with Crippen LogP contribution >= 0.6 is 0 Å². The lowest BCUT2D eigenvalue weighted by Crippen LogP contribution is -2.06. The topological polar surface area (TPSA) is 49.7 Å². The molecular weight excluding hydrogens is 168 g/mol. The zero-order chi connectivity index (χ0) is 10.0. The molecule has 0 unspecified atom stereocenters. The third-order valence-corrected chi connectivity index (χ3v) is 1.68. The molecule has 0 bridgehead atoms. The lowest BCUT2D eigenvalue weighted by molar-refractivity contribution is 0.238. The van der Waals surface area contributed by atoms with Crippen LogP contribution in [-0.4, -0.2) is 16.3 Å². The first-order chi connectivity index (χ1) is 6.00. The Labute approximate surface area is 77.6 Å². The number of rotatable bonds is 2. The summed E-state index contributed by atoms with van der Waals surface area (Å²) in [4.78, 5) is 0. The van der Waals surface area contributed by atoms with Gasteiger partial charge in [-0.1, -0.05) is 0 Å². The quantitative estimate of drug-likeness (QED) is 0.737. The molecule has 0 aromatic heterocycles. The normalized spacial score (nSPS) is 10.5. The summed E-state index contributed by atoms with van der Waals surface area (Å²) in [6.45, 7) is 5.52. The maximum Gasteiger partial charge on any atom is 0.129 e. The fraction of sp³-hybridized carbons (Fsp3) is 0.400. The Balaban J connectivity index is 3.05. The molecule has 1 rings (SSSR count). The molecule has 0 atom stereocenters. The molecule has 3 heteroatoms. The Morgan fingerprint density at radius 3 is 2.38 bits per heavy atom. The van der Waals surface area contributed by atoms with E-state index >= 15 is 0 Å². The maximum absolute atomic E-state index is 9.35. The van der Waals surface area contributed by atoms with Gasteiger partial charge in [0.2, 0.25) is 0 Å². The van der Waals surface area contributed by atoms with Gasteiger partial charge in [-0.3, -0.25) is 0 Å². The van der Waals surface area contributed by atoms with Crippen molar-refractivity contribution >= 4 is 0 Å². The SMILES string of the molecule is Cc1c(O)cc(O)cc1OC(C)C. The fourth-order valence-corrected chi connectivity index (χ4v) is 1.04. The van der Waals surface area contributed by atoms with Crippen molar-refractivity contribution in [2.45, 2.75) is 26.9 Å². The highest BCUT2D eigenvalue weighted by molar-refractivity contribution is 5.48. The Morgan fingerprint density at radius 2 is 1.85 bits per heavy atom. The molecule has 0 aliphatic heterocycles. The van der Waals surface area contributed by atoms with E-state index in [0.29, 0.717) is 11.3 Å². The molecule has 0 amide bonds. The number of ether oxygens (including phenoxy) is 1. The second-order valence-corrected chi connectivity index (χ2v) is 3.25. The summed E-state index contributed by atoms with van der Waals surface area (Å²) in [7, 11) is 0. The van der Waals surface area contributed by atoms with Gasteiger partial charge >= 0.3 is 0 Å². The predicted molar refractivity (Wildman–Crippen MR) is 50.3 cm³/mol. The monoisotopic (exact) mass is 182 g/mol. The molecular formula is C10H14O3. The van der Waals surface area contributed by atoms with Gasteiger partial charge in [0.05, 0.1) is 6.10 Å². The Bertz CT molecular complexity index is 305. The minimum atomic E-state index is 0.0127. The van der Waals surface area contributed by atoms with Crippen molar-refractivity contribution in [1.82, 2.24) is 0 Å². The zero-order valence-corrected chi connectivity index (χ0v) is 8.03. The van der Waals surface area contributed by atoms with E-state index in [9.17, 15) is 10.2 Å². The van der Waals surface area contributed by atoms with E-state index in [0.717, 1.165) is 0 Å². The van der Waals surface area contributed by atoms with Crippen molar-refractivity contribution < 1.29 is 14.9 Å². The third-order valence-electron chi connectivity index (χ3n) is 1.68. The molecule has 0 saturated carbocycles. The van der Waals surface area contributed by atoms with Crippen LogP contribution in [-0.2, 0) is 0 Å². The van der Waals surface area contributed by atoms with E-state index in [2.05, 4.69) is 0 Å². The summed E-state index contributed by atoms with van der Waals surface area (Å²) >= 11 is 0. The number of hydrogen-bond acceptors (Lipinski definition) is 3. The summed E-state index contributed by atoms with van der Waals surface area (Å²) in [6.07, 6.45) is 0.0277. The minimum absolute atomic E-state index is 0.0127. The van der Waals surface area contributed by atoms with E-state index < -0.39 is 0 Å². The van der Waals surface area contributed by atoms with Gasteiger partial charge in [-0.05, 0) is 20.8 Å². The van der Waals surface area contributed by atoms with Crippen molar-refractivity contribution in [2.75, 3.05) is 0 Å². The van der Waals surface area contributed by atoms with Gasteiger partial charge in [-0.15, -0.1) is 0 Å².